The Morgan fingerprint density at radius 3 is 2.18 bits per heavy atom. The Labute approximate surface area is 176 Å². The van der Waals surface area contributed by atoms with Gasteiger partial charge in [0.1, 0.15) is 6.61 Å². The molecular weight excluding hydrogens is 423 g/mol. The Morgan fingerprint density at radius 1 is 0.821 bits per heavy atom. The number of ether oxygens (including phenoxy) is 2. The van der Waals surface area contributed by atoms with Crippen molar-refractivity contribution in [2.45, 2.75) is 6.61 Å². The highest BCUT2D eigenvalue weighted by atomic mass is 35.5. The summed E-state index contributed by atoms with van der Waals surface area (Å²) in [5.41, 5.74) is 0.836. The van der Waals surface area contributed by atoms with E-state index in [9.17, 15) is 9.59 Å². The summed E-state index contributed by atoms with van der Waals surface area (Å²) >= 11 is 17.7. The summed E-state index contributed by atoms with van der Waals surface area (Å²) in [7, 11) is 0. The van der Waals surface area contributed by atoms with Crippen LogP contribution in [0.2, 0.25) is 15.1 Å². The normalized spacial score (nSPS) is 11.0. The Kier molecular flexibility index (Phi) is 6.57. The summed E-state index contributed by atoms with van der Waals surface area (Å²) in [5, 5.41) is 2.62. The predicted octanol–water partition coefficient (Wildman–Crippen LogP) is 6.01. The molecule has 3 rings (SSSR count). The number of hydrogen-bond donors (Lipinski definition) is 0. The van der Waals surface area contributed by atoms with Crippen LogP contribution in [0.15, 0.2) is 66.7 Å². The van der Waals surface area contributed by atoms with Gasteiger partial charge in [-0.25, -0.2) is 9.59 Å². The molecule has 7 heteroatoms. The van der Waals surface area contributed by atoms with E-state index in [-0.39, 0.29) is 22.4 Å². The summed E-state index contributed by atoms with van der Waals surface area (Å²) in [6.07, 6.45) is 1.91. The molecule has 0 amide bonds. The molecule has 0 aliphatic carbocycles. The first-order chi connectivity index (χ1) is 13.4. The zero-order valence-corrected chi connectivity index (χ0v) is 16.6. The van der Waals surface area contributed by atoms with Crippen molar-refractivity contribution in [1.29, 1.82) is 0 Å². The molecule has 0 saturated heterocycles. The molecule has 0 aliphatic rings. The van der Waals surface area contributed by atoms with Crippen LogP contribution in [0.1, 0.15) is 5.56 Å². The van der Waals surface area contributed by atoms with Gasteiger partial charge in [-0.3, -0.25) is 0 Å². The summed E-state index contributed by atoms with van der Waals surface area (Å²) in [5.74, 6) is -1.54. The van der Waals surface area contributed by atoms with Crippen molar-refractivity contribution in [2.75, 3.05) is 0 Å². The largest absolute Gasteiger partial charge is 0.458 e. The number of carbonyl (C=O) groups is 2. The lowest BCUT2D eigenvalue weighted by molar-refractivity contribution is -0.139. The number of halogens is 3. The second-order valence-corrected chi connectivity index (χ2v) is 6.99. The molecule has 142 valence electrons. The van der Waals surface area contributed by atoms with Crippen LogP contribution >= 0.6 is 34.8 Å². The highest BCUT2D eigenvalue weighted by Crippen LogP contribution is 2.35. The van der Waals surface area contributed by atoms with E-state index >= 15 is 0 Å². The van der Waals surface area contributed by atoms with Crippen LogP contribution in [-0.2, 0) is 20.9 Å². The number of esters is 2. The third kappa shape index (κ3) is 5.26. The van der Waals surface area contributed by atoms with E-state index in [0.717, 1.165) is 28.5 Å². The molecular formula is C21H13Cl3O4. The lowest BCUT2D eigenvalue weighted by atomic mass is 10.1. The Balaban J connectivity index is 1.56. The van der Waals surface area contributed by atoms with Crippen molar-refractivity contribution >= 4 is 57.5 Å². The third-order valence-corrected chi connectivity index (χ3v) is 4.50. The van der Waals surface area contributed by atoms with Crippen LogP contribution in [0.5, 0.6) is 5.75 Å². The summed E-state index contributed by atoms with van der Waals surface area (Å²) in [6.45, 7) is 0.0812. The van der Waals surface area contributed by atoms with Gasteiger partial charge in [-0.15, -0.1) is 0 Å². The van der Waals surface area contributed by atoms with E-state index in [4.69, 9.17) is 44.3 Å². The maximum atomic E-state index is 11.9. The van der Waals surface area contributed by atoms with Gasteiger partial charge in [0.2, 0.25) is 0 Å². The van der Waals surface area contributed by atoms with E-state index in [1.165, 1.54) is 12.1 Å². The predicted molar refractivity (Wildman–Crippen MR) is 110 cm³/mol. The fraction of sp³-hybridized carbons (Fsp3) is 0.0476. The molecule has 0 aromatic heterocycles. The zero-order chi connectivity index (χ0) is 20.1. The molecule has 0 aliphatic heterocycles. The van der Waals surface area contributed by atoms with Crippen molar-refractivity contribution in [3.05, 3.63) is 87.4 Å². The highest BCUT2D eigenvalue weighted by molar-refractivity contribution is 6.40. The average Bonchev–Trinajstić information content (AvgIpc) is 2.67. The van der Waals surface area contributed by atoms with Crippen molar-refractivity contribution < 1.29 is 19.1 Å². The second-order valence-electron chi connectivity index (χ2n) is 5.74. The first-order valence-corrected chi connectivity index (χ1v) is 9.24. The van der Waals surface area contributed by atoms with E-state index < -0.39 is 11.9 Å². The van der Waals surface area contributed by atoms with Crippen LogP contribution in [-0.4, -0.2) is 11.9 Å². The first-order valence-electron chi connectivity index (χ1n) is 8.11. The van der Waals surface area contributed by atoms with Crippen LogP contribution < -0.4 is 4.74 Å². The number of carbonyl (C=O) groups excluding carboxylic acids is 2. The lowest BCUT2D eigenvalue weighted by Crippen LogP contribution is -2.07. The summed E-state index contributed by atoms with van der Waals surface area (Å²) < 4.78 is 10.2. The Bertz CT molecular complexity index is 1050. The molecule has 0 heterocycles. The van der Waals surface area contributed by atoms with Crippen LogP contribution in [0.4, 0.5) is 0 Å². The molecule has 0 radical (unpaired) electrons. The van der Waals surface area contributed by atoms with Crippen LogP contribution in [0.3, 0.4) is 0 Å². The standard InChI is InChI=1S/C21H13Cl3O4/c22-16-10-17(23)21(18(24)11-16)28-20(26)8-7-19(25)27-12-13-5-6-14-3-1-2-4-15(14)9-13/h1-11H,12H2/b8-7+. The van der Waals surface area contributed by atoms with E-state index in [0.29, 0.717) is 5.02 Å². The highest BCUT2D eigenvalue weighted by Gasteiger charge is 2.12. The van der Waals surface area contributed by atoms with Crippen molar-refractivity contribution in [3.8, 4) is 5.75 Å². The molecule has 4 nitrogen and oxygen atoms in total. The summed E-state index contributed by atoms with van der Waals surface area (Å²) in [6, 6.07) is 16.4. The number of benzene rings is 3. The number of hydrogen-bond acceptors (Lipinski definition) is 4. The maximum Gasteiger partial charge on any atom is 0.336 e. The average molecular weight is 436 g/mol. The van der Waals surface area contributed by atoms with Gasteiger partial charge in [0.25, 0.3) is 0 Å². The van der Waals surface area contributed by atoms with Crippen LogP contribution in [0, 0.1) is 0 Å². The van der Waals surface area contributed by atoms with E-state index in [1.807, 2.05) is 42.5 Å². The Morgan fingerprint density at radius 2 is 1.46 bits per heavy atom. The van der Waals surface area contributed by atoms with Crippen molar-refractivity contribution in [3.63, 3.8) is 0 Å². The third-order valence-electron chi connectivity index (χ3n) is 3.72. The second kappa shape index (κ2) is 9.11. The molecule has 0 spiro atoms. The molecule has 0 bridgehead atoms. The quantitative estimate of drug-likeness (QED) is 0.280. The number of fused-ring (bicyclic) bond motifs is 1. The van der Waals surface area contributed by atoms with Crippen LogP contribution in [0.25, 0.3) is 10.8 Å². The molecule has 0 unspecified atom stereocenters. The van der Waals surface area contributed by atoms with Gasteiger partial charge < -0.3 is 9.47 Å². The minimum atomic E-state index is -0.825. The van der Waals surface area contributed by atoms with Crippen molar-refractivity contribution in [2.24, 2.45) is 0 Å². The SMILES string of the molecule is O=C(/C=C/C(=O)Oc1c(Cl)cc(Cl)cc1Cl)OCc1ccc2ccccc2c1. The molecule has 0 fully saturated rings. The maximum absolute atomic E-state index is 11.9. The first kappa shape index (κ1) is 20.2. The van der Waals surface area contributed by atoms with Gasteiger partial charge in [-0.2, -0.15) is 0 Å². The van der Waals surface area contributed by atoms with Crippen molar-refractivity contribution in [1.82, 2.24) is 0 Å². The Hall–Kier alpha value is -2.53. The molecule has 3 aromatic carbocycles. The summed E-state index contributed by atoms with van der Waals surface area (Å²) in [4.78, 5) is 23.7. The molecule has 0 atom stereocenters. The van der Waals surface area contributed by atoms with Gasteiger partial charge in [0.05, 0.1) is 10.0 Å². The smallest absolute Gasteiger partial charge is 0.336 e. The minimum Gasteiger partial charge on any atom is -0.458 e. The fourth-order valence-electron chi connectivity index (χ4n) is 2.43. The van der Waals surface area contributed by atoms with Gasteiger partial charge in [-0.05, 0) is 34.5 Å². The fourth-order valence-corrected chi connectivity index (χ4v) is 3.32. The molecule has 0 saturated carbocycles. The topological polar surface area (TPSA) is 52.6 Å². The monoisotopic (exact) mass is 434 g/mol. The van der Waals surface area contributed by atoms with Gasteiger partial charge >= 0.3 is 11.9 Å². The molecule has 3 aromatic rings. The van der Waals surface area contributed by atoms with Gasteiger partial charge in [-0.1, -0.05) is 71.2 Å². The number of rotatable bonds is 5. The van der Waals surface area contributed by atoms with E-state index in [2.05, 4.69) is 0 Å². The van der Waals surface area contributed by atoms with Gasteiger partial charge in [0, 0.05) is 17.2 Å². The van der Waals surface area contributed by atoms with E-state index in [1.54, 1.807) is 0 Å². The molecule has 28 heavy (non-hydrogen) atoms. The molecule has 0 N–H and O–H groups in total. The van der Waals surface area contributed by atoms with Gasteiger partial charge in [0.15, 0.2) is 5.75 Å². The lowest BCUT2D eigenvalue weighted by Gasteiger charge is -2.07. The minimum absolute atomic E-state index is 0.0353. The zero-order valence-electron chi connectivity index (χ0n) is 14.3.